The minimum Gasteiger partial charge on any atom is -0.454 e. The first-order valence-corrected chi connectivity index (χ1v) is 13.7. The third-order valence-corrected chi connectivity index (χ3v) is 8.17. The van der Waals surface area contributed by atoms with E-state index in [1.54, 1.807) is 0 Å². The van der Waals surface area contributed by atoms with E-state index in [1.165, 1.54) is 21.9 Å². The van der Waals surface area contributed by atoms with Gasteiger partial charge < -0.3 is 14.3 Å². The van der Waals surface area contributed by atoms with Gasteiger partial charge >= 0.3 is 0 Å². The lowest BCUT2D eigenvalue weighted by molar-refractivity contribution is 0.671. The number of dihydropyridines is 1. The maximum absolute atomic E-state index is 6.59. The van der Waals surface area contributed by atoms with Crippen molar-refractivity contribution in [2.45, 2.75) is 19.9 Å². The Morgan fingerprint density at radius 1 is 0.800 bits per heavy atom. The third kappa shape index (κ3) is 3.36. The zero-order valence-electron chi connectivity index (χ0n) is 22.3. The first-order chi connectivity index (χ1) is 19.7. The zero-order valence-corrected chi connectivity index (χ0v) is 22.3. The van der Waals surface area contributed by atoms with Crippen LogP contribution in [0.1, 0.15) is 24.1 Å². The Balaban J connectivity index is 1.50. The van der Waals surface area contributed by atoms with Gasteiger partial charge in [0.25, 0.3) is 0 Å². The topological polar surface area (TPSA) is 43.0 Å². The van der Waals surface area contributed by atoms with Crippen LogP contribution in [0.15, 0.2) is 126 Å². The fourth-order valence-corrected chi connectivity index (χ4v) is 6.29. The summed E-state index contributed by atoms with van der Waals surface area (Å²) in [6.07, 6.45) is 8.14. The Kier molecular flexibility index (Phi) is 4.98. The molecule has 0 amide bonds. The van der Waals surface area contributed by atoms with E-state index in [9.17, 15) is 0 Å². The van der Waals surface area contributed by atoms with E-state index in [0.29, 0.717) is 0 Å². The molecule has 0 spiro atoms. The average Bonchev–Trinajstić information content (AvgIpc) is 3.53. The van der Waals surface area contributed by atoms with Crippen molar-refractivity contribution in [3.8, 4) is 16.9 Å². The Bertz CT molecular complexity index is 2180. The number of rotatable bonds is 3. The zero-order chi connectivity index (χ0) is 26.8. The highest BCUT2D eigenvalue weighted by Crippen LogP contribution is 2.41. The Morgan fingerprint density at radius 3 is 2.50 bits per heavy atom. The van der Waals surface area contributed by atoms with Gasteiger partial charge in [-0.15, -0.1) is 0 Å². The Labute approximate surface area is 231 Å². The van der Waals surface area contributed by atoms with Gasteiger partial charge in [-0.1, -0.05) is 54.6 Å². The van der Waals surface area contributed by atoms with Gasteiger partial charge in [-0.2, -0.15) is 0 Å². The standard InChI is InChI=1S/C36H27N3O/c1-22-9-7-17-37-33(22)24-19-25(34-23(2)10-8-18-38-34)21-26(20-24)39-31-13-5-3-11-27(31)29-15-16-30-28-12-4-6-14-32(28)40-36(30)35(29)39/h3-21,33,37H,1-2H3. The molecule has 1 aliphatic rings. The van der Waals surface area contributed by atoms with E-state index < -0.39 is 0 Å². The highest BCUT2D eigenvalue weighted by Gasteiger charge is 2.22. The average molecular weight is 518 g/mol. The first kappa shape index (κ1) is 22.9. The minimum absolute atomic E-state index is 0.0760. The van der Waals surface area contributed by atoms with Crippen LogP contribution < -0.4 is 5.32 Å². The summed E-state index contributed by atoms with van der Waals surface area (Å²) >= 11 is 0. The fraction of sp³-hybridized carbons (Fsp3) is 0.0833. The number of para-hydroxylation sites is 2. The number of nitrogens with zero attached hydrogens (tertiary/aromatic N) is 2. The number of benzene rings is 4. The second-order valence-electron chi connectivity index (χ2n) is 10.6. The lowest BCUT2D eigenvalue weighted by Gasteiger charge is -2.23. The number of aryl methyl sites for hydroxylation is 1. The van der Waals surface area contributed by atoms with Crippen molar-refractivity contribution in [2.24, 2.45) is 0 Å². The van der Waals surface area contributed by atoms with Crippen LogP contribution >= 0.6 is 0 Å². The smallest absolute Gasteiger partial charge is 0.160 e. The summed E-state index contributed by atoms with van der Waals surface area (Å²) in [5.74, 6) is 0. The maximum Gasteiger partial charge on any atom is 0.160 e. The molecule has 8 rings (SSSR count). The summed E-state index contributed by atoms with van der Waals surface area (Å²) in [4.78, 5) is 4.80. The molecule has 4 heterocycles. The Morgan fingerprint density at radius 2 is 1.62 bits per heavy atom. The predicted molar refractivity (Wildman–Crippen MR) is 165 cm³/mol. The summed E-state index contributed by atoms with van der Waals surface area (Å²) in [6.45, 7) is 4.30. The van der Waals surface area contributed by atoms with E-state index in [4.69, 9.17) is 9.40 Å². The maximum atomic E-state index is 6.59. The number of nitrogens with one attached hydrogen (secondary N) is 1. The number of furan rings is 1. The molecular formula is C36H27N3O. The molecule has 1 atom stereocenters. The number of hydrogen-bond acceptors (Lipinski definition) is 3. The second kappa shape index (κ2) is 8.72. The van der Waals surface area contributed by atoms with E-state index in [2.05, 4.69) is 109 Å². The molecule has 0 aliphatic carbocycles. The van der Waals surface area contributed by atoms with Crippen LogP contribution in [-0.4, -0.2) is 9.55 Å². The third-order valence-electron chi connectivity index (χ3n) is 8.17. The number of pyridine rings is 1. The molecule has 7 aromatic rings. The molecule has 0 bridgehead atoms. The Hall–Kier alpha value is -5.09. The van der Waals surface area contributed by atoms with Crippen LogP contribution in [0.5, 0.6) is 0 Å². The largest absolute Gasteiger partial charge is 0.454 e. The quantitative estimate of drug-likeness (QED) is 0.254. The number of allylic oxidation sites excluding steroid dienone is 2. The SMILES string of the molecule is CC1=CC=CNC1c1cc(-c2ncccc2C)cc(-n2c3ccccc3c3ccc4c5ccccc5oc4c32)c1. The molecule has 0 saturated carbocycles. The summed E-state index contributed by atoms with van der Waals surface area (Å²) in [7, 11) is 0. The molecule has 1 unspecified atom stereocenters. The van der Waals surface area contributed by atoms with Crippen LogP contribution in [0.4, 0.5) is 0 Å². The molecule has 192 valence electrons. The summed E-state index contributed by atoms with van der Waals surface area (Å²) in [5.41, 5.74) is 10.8. The van der Waals surface area contributed by atoms with Gasteiger partial charge in [0.05, 0.1) is 22.8 Å². The number of hydrogen-bond donors (Lipinski definition) is 1. The molecule has 0 saturated heterocycles. The van der Waals surface area contributed by atoms with E-state index in [1.807, 2.05) is 30.6 Å². The van der Waals surface area contributed by atoms with Crippen LogP contribution in [-0.2, 0) is 0 Å². The molecule has 0 fully saturated rings. The van der Waals surface area contributed by atoms with Crippen molar-refractivity contribution >= 4 is 43.7 Å². The minimum atomic E-state index is 0.0760. The number of aromatic nitrogens is 2. The normalized spacial score (nSPS) is 15.2. The summed E-state index contributed by atoms with van der Waals surface area (Å²) < 4.78 is 8.96. The van der Waals surface area contributed by atoms with Crippen molar-refractivity contribution in [3.63, 3.8) is 0 Å². The van der Waals surface area contributed by atoms with Gasteiger partial charge in [0.1, 0.15) is 5.58 Å². The molecule has 4 heteroatoms. The van der Waals surface area contributed by atoms with Crippen LogP contribution in [0.3, 0.4) is 0 Å². The van der Waals surface area contributed by atoms with Crippen LogP contribution in [0.25, 0.3) is 60.7 Å². The molecule has 1 aliphatic heterocycles. The first-order valence-electron chi connectivity index (χ1n) is 13.7. The van der Waals surface area contributed by atoms with E-state index >= 15 is 0 Å². The van der Waals surface area contributed by atoms with Crippen molar-refractivity contribution < 1.29 is 4.42 Å². The number of fused-ring (bicyclic) bond motifs is 7. The van der Waals surface area contributed by atoms with Gasteiger partial charge in [0.15, 0.2) is 5.58 Å². The molecule has 4 aromatic carbocycles. The molecule has 3 aromatic heterocycles. The second-order valence-corrected chi connectivity index (χ2v) is 10.6. The molecular weight excluding hydrogens is 490 g/mol. The van der Waals surface area contributed by atoms with Gasteiger partial charge in [0, 0.05) is 39.0 Å². The monoisotopic (exact) mass is 517 g/mol. The summed E-state index contributed by atoms with van der Waals surface area (Å²) in [5, 5.41) is 8.22. The van der Waals surface area contributed by atoms with Gasteiger partial charge in [0.2, 0.25) is 0 Å². The molecule has 40 heavy (non-hydrogen) atoms. The fourth-order valence-electron chi connectivity index (χ4n) is 6.29. The van der Waals surface area contributed by atoms with Crippen molar-refractivity contribution in [3.05, 3.63) is 132 Å². The highest BCUT2D eigenvalue weighted by atomic mass is 16.3. The van der Waals surface area contributed by atoms with Gasteiger partial charge in [-0.3, -0.25) is 4.98 Å². The van der Waals surface area contributed by atoms with Crippen LogP contribution in [0.2, 0.25) is 0 Å². The summed E-state index contributed by atoms with van der Waals surface area (Å²) in [6, 6.07) is 32.4. The van der Waals surface area contributed by atoms with Crippen molar-refractivity contribution in [2.75, 3.05) is 0 Å². The van der Waals surface area contributed by atoms with Crippen molar-refractivity contribution in [1.82, 2.24) is 14.9 Å². The van der Waals surface area contributed by atoms with Gasteiger partial charge in [-0.05, 0) is 85.3 Å². The lowest BCUT2D eigenvalue weighted by Crippen LogP contribution is -2.19. The van der Waals surface area contributed by atoms with Crippen LogP contribution in [0, 0.1) is 6.92 Å². The van der Waals surface area contributed by atoms with Gasteiger partial charge in [-0.25, -0.2) is 0 Å². The molecule has 1 N–H and O–H groups in total. The highest BCUT2D eigenvalue weighted by molar-refractivity contribution is 6.21. The van der Waals surface area contributed by atoms with E-state index in [-0.39, 0.29) is 6.04 Å². The lowest BCUT2D eigenvalue weighted by atomic mass is 9.94. The molecule has 0 radical (unpaired) electrons. The predicted octanol–water partition coefficient (Wildman–Crippen LogP) is 9.16. The molecule has 4 nitrogen and oxygen atoms in total. The van der Waals surface area contributed by atoms with E-state index in [0.717, 1.165) is 55.5 Å². The van der Waals surface area contributed by atoms with Crippen molar-refractivity contribution in [1.29, 1.82) is 0 Å².